The molecule has 5 rings (SSSR count). The molecule has 146 valence electrons. The first-order valence-corrected chi connectivity index (χ1v) is 10.7. The molecule has 0 aliphatic carbocycles. The van der Waals surface area contributed by atoms with Gasteiger partial charge in [-0.1, -0.05) is 24.8 Å². The normalized spacial score (nSPS) is 14.1. The van der Waals surface area contributed by atoms with Crippen molar-refractivity contribution in [3.63, 3.8) is 0 Å². The van der Waals surface area contributed by atoms with E-state index in [2.05, 4.69) is 58.7 Å². The molecule has 0 unspecified atom stereocenters. The Labute approximate surface area is 174 Å². The van der Waals surface area contributed by atoms with Crippen molar-refractivity contribution in [1.82, 2.24) is 25.1 Å². The molecular formula is C23H23N5S. The lowest BCUT2D eigenvalue weighted by Gasteiger charge is -2.19. The molecule has 4 heterocycles. The number of fused-ring (bicyclic) bond motifs is 1. The van der Waals surface area contributed by atoms with E-state index >= 15 is 0 Å². The highest BCUT2D eigenvalue weighted by molar-refractivity contribution is 7.18. The van der Waals surface area contributed by atoms with E-state index in [4.69, 9.17) is 4.98 Å². The maximum absolute atomic E-state index is 5.07. The number of thiazole rings is 1. The molecule has 6 heteroatoms. The van der Waals surface area contributed by atoms with Gasteiger partial charge in [-0.05, 0) is 43.9 Å². The second kappa shape index (κ2) is 7.12. The van der Waals surface area contributed by atoms with E-state index in [0.29, 0.717) is 0 Å². The van der Waals surface area contributed by atoms with E-state index in [1.807, 2.05) is 12.3 Å². The van der Waals surface area contributed by atoms with Crippen molar-refractivity contribution >= 4 is 27.9 Å². The van der Waals surface area contributed by atoms with Crippen LogP contribution >= 0.6 is 11.3 Å². The van der Waals surface area contributed by atoms with Crippen molar-refractivity contribution in [2.75, 3.05) is 13.1 Å². The van der Waals surface area contributed by atoms with Crippen molar-refractivity contribution in [2.24, 2.45) is 0 Å². The topological polar surface area (TPSA) is 57.7 Å². The number of nitrogens with one attached hydrogen (secondary N) is 1. The lowest BCUT2D eigenvalue weighted by molar-refractivity contribution is 0.493. The molecule has 0 spiro atoms. The Bertz CT molecular complexity index is 1200. The Morgan fingerprint density at radius 3 is 2.69 bits per heavy atom. The lowest BCUT2D eigenvalue weighted by Crippen LogP contribution is -2.17. The molecule has 0 atom stereocenters. The summed E-state index contributed by atoms with van der Waals surface area (Å²) in [7, 11) is 0. The van der Waals surface area contributed by atoms with Gasteiger partial charge in [-0.25, -0.2) is 4.98 Å². The fourth-order valence-electron chi connectivity index (χ4n) is 4.03. The number of hydrogen-bond donors (Lipinski definition) is 1. The average Bonchev–Trinajstić information content (AvgIpc) is 3.50. The fourth-order valence-corrected chi connectivity index (χ4v) is 5.11. The van der Waals surface area contributed by atoms with Crippen molar-refractivity contribution in [2.45, 2.75) is 26.7 Å². The Morgan fingerprint density at radius 2 is 1.93 bits per heavy atom. The zero-order valence-electron chi connectivity index (χ0n) is 16.7. The van der Waals surface area contributed by atoms with Gasteiger partial charge >= 0.3 is 0 Å². The molecule has 0 saturated carbocycles. The lowest BCUT2D eigenvalue weighted by atomic mass is 10.1. The first-order chi connectivity index (χ1) is 14.1. The number of aromatic amines is 1. The Balaban J connectivity index is 1.69. The van der Waals surface area contributed by atoms with Crippen LogP contribution in [0.4, 0.5) is 0 Å². The highest BCUT2D eigenvalue weighted by atomic mass is 32.1. The summed E-state index contributed by atoms with van der Waals surface area (Å²) < 4.78 is 0. The minimum Gasteiger partial charge on any atom is -0.370 e. The predicted octanol–water partition coefficient (Wildman–Crippen LogP) is 5.43. The van der Waals surface area contributed by atoms with E-state index in [0.717, 1.165) is 56.5 Å². The molecule has 1 N–H and O–H groups in total. The largest absolute Gasteiger partial charge is 0.370 e. The summed E-state index contributed by atoms with van der Waals surface area (Å²) >= 11 is 1.68. The molecular weight excluding hydrogens is 378 g/mol. The van der Waals surface area contributed by atoms with E-state index in [9.17, 15) is 0 Å². The Hall–Kier alpha value is -2.99. The van der Waals surface area contributed by atoms with Gasteiger partial charge in [0.05, 0.1) is 16.1 Å². The summed E-state index contributed by atoms with van der Waals surface area (Å²) in [5.41, 5.74) is 7.39. The van der Waals surface area contributed by atoms with Gasteiger partial charge < -0.3 is 4.90 Å². The van der Waals surface area contributed by atoms with Gasteiger partial charge in [0, 0.05) is 36.4 Å². The van der Waals surface area contributed by atoms with Gasteiger partial charge in [-0.2, -0.15) is 5.10 Å². The molecule has 1 aliphatic rings. The number of pyridine rings is 1. The predicted molar refractivity (Wildman–Crippen MR) is 120 cm³/mol. The monoisotopic (exact) mass is 401 g/mol. The van der Waals surface area contributed by atoms with Crippen LogP contribution in [0.25, 0.3) is 37.7 Å². The summed E-state index contributed by atoms with van der Waals surface area (Å²) in [6.07, 6.45) is 6.12. The SMILES string of the molecule is C=C(c1nc(-c2[nH]nc3c(C)ccc(C)c23)sc1-c1cccnc1)N1CCCC1. The van der Waals surface area contributed by atoms with Crippen LogP contribution in [0.1, 0.15) is 29.7 Å². The van der Waals surface area contributed by atoms with Crippen molar-refractivity contribution in [1.29, 1.82) is 0 Å². The minimum atomic E-state index is 0.940. The summed E-state index contributed by atoms with van der Waals surface area (Å²) in [5, 5.41) is 9.93. The van der Waals surface area contributed by atoms with E-state index < -0.39 is 0 Å². The first-order valence-electron chi connectivity index (χ1n) is 9.93. The van der Waals surface area contributed by atoms with Crippen LogP contribution in [-0.2, 0) is 0 Å². The molecule has 1 aromatic carbocycles. The number of likely N-dealkylation sites (tertiary alicyclic amines) is 1. The van der Waals surface area contributed by atoms with Crippen LogP contribution in [0.3, 0.4) is 0 Å². The summed E-state index contributed by atoms with van der Waals surface area (Å²) in [6, 6.07) is 8.32. The van der Waals surface area contributed by atoms with E-state index in [-0.39, 0.29) is 0 Å². The molecule has 4 aromatic rings. The van der Waals surface area contributed by atoms with Crippen molar-refractivity contribution < 1.29 is 0 Å². The van der Waals surface area contributed by atoms with Crippen LogP contribution < -0.4 is 0 Å². The van der Waals surface area contributed by atoms with Crippen molar-refractivity contribution in [3.8, 4) is 21.1 Å². The molecule has 0 amide bonds. The van der Waals surface area contributed by atoms with Gasteiger partial charge in [0.25, 0.3) is 0 Å². The number of rotatable bonds is 4. The van der Waals surface area contributed by atoms with E-state index in [1.165, 1.54) is 24.0 Å². The van der Waals surface area contributed by atoms with Gasteiger partial charge in [0.2, 0.25) is 0 Å². The average molecular weight is 402 g/mol. The van der Waals surface area contributed by atoms with Crippen LogP contribution in [0.5, 0.6) is 0 Å². The number of aromatic nitrogens is 4. The third kappa shape index (κ3) is 3.04. The minimum absolute atomic E-state index is 0.940. The van der Waals surface area contributed by atoms with Crippen LogP contribution in [0.2, 0.25) is 0 Å². The highest BCUT2D eigenvalue weighted by Gasteiger charge is 2.24. The second-order valence-corrected chi connectivity index (χ2v) is 8.60. The van der Waals surface area contributed by atoms with Gasteiger partial charge in [0.15, 0.2) is 0 Å². The molecule has 1 aliphatic heterocycles. The Morgan fingerprint density at radius 1 is 1.14 bits per heavy atom. The number of aryl methyl sites for hydroxylation is 2. The smallest absolute Gasteiger partial charge is 0.143 e. The quantitative estimate of drug-likeness (QED) is 0.495. The molecule has 29 heavy (non-hydrogen) atoms. The summed E-state index contributed by atoms with van der Waals surface area (Å²) in [4.78, 5) is 12.9. The van der Waals surface area contributed by atoms with Gasteiger partial charge in [-0.3, -0.25) is 10.1 Å². The third-order valence-electron chi connectivity index (χ3n) is 5.64. The number of H-pyrrole nitrogens is 1. The Kier molecular flexibility index (Phi) is 4.43. The first kappa shape index (κ1) is 18.1. The van der Waals surface area contributed by atoms with Crippen molar-refractivity contribution in [3.05, 3.63) is 60.1 Å². The van der Waals surface area contributed by atoms with Crippen LogP contribution in [0, 0.1) is 13.8 Å². The van der Waals surface area contributed by atoms with Crippen LogP contribution in [-0.4, -0.2) is 38.2 Å². The molecule has 1 fully saturated rings. The summed E-state index contributed by atoms with van der Waals surface area (Å²) in [5.74, 6) is 0. The molecule has 3 aromatic heterocycles. The highest BCUT2D eigenvalue weighted by Crippen LogP contribution is 2.41. The maximum atomic E-state index is 5.07. The standard InChI is InChI=1S/C23H23N5S/c1-14-8-9-15(2)19-18(14)21(27-26-19)23-25-20(16(3)28-11-4-5-12-28)22(29-23)17-7-6-10-24-13-17/h6-10,13H,3-5,11-12H2,1-2H3,(H,26,27). The number of benzene rings is 1. The van der Waals surface area contributed by atoms with Crippen LogP contribution in [0.15, 0.2) is 43.2 Å². The fraction of sp³-hybridized carbons (Fsp3) is 0.261. The maximum Gasteiger partial charge on any atom is 0.143 e. The zero-order chi connectivity index (χ0) is 20.0. The third-order valence-corrected chi connectivity index (χ3v) is 6.77. The number of hydrogen-bond acceptors (Lipinski definition) is 5. The second-order valence-electron chi connectivity index (χ2n) is 7.60. The molecule has 1 saturated heterocycles. The van der Waals surface area contributed by atoms with Gasteiger partial charge in [-0.15, -0.1) is 11.3 Å². The zero-order valence-corrected chi connectivity index (χ0v) is 17.5. The molecule has 0 radical (unpaired) electrons. The number of nitrogens with zero attached hydrogens (tertiary/aromatic N) is 4. The van der Waals surface area contributed by atoms with E-state index in [1.54, 1.807) is 17.5 Å². The molecule has 5 nitrogen and oxygen atoms in total. The van der Waals surface area contributed by atoms with Gasteiger partial charge in [0.1, 0.15) is 16.4 Å². The molecule has 0 bridgehead atoms. The summed E-state index contributed by atoms with van der Waals surface area (Å²) in [6.45, 7) is 10.7.